The monoisotopic (exact) mass is 310 g/mol. The van der Waals surface area contributed by atoms with Crippen LogP contribution in [0, 0.1) is 0 Å². The Morgan fingerprint density at radius 2 is 1.80 bits per heavy atom. The molecule has 0 aliphatic carbocycles. The van der Waals surface area contributed by atoms with Gasteiger partial charge in [-0.05, 0) is 30.3 Å². The second-order valence-corrected chi connectivity index (χ2v) is 4.83. The highest BCUT2D eigenvalue weighted by Gasteiger charge is 2.09. The molecule has 0 aromatic heterocycles. The Hall–Kier alpha value is -1.71. The first-order chi connectivity index (χ1) is 9.65. The van der Waals surface area contributed by atoms with Gasteiger partial charge in [0.2, 0.25) is 0 Å². The summed E-state index contributed by atoms with van der Waals surface area (Å²) in [5.74, 6) is 1.01. The summed E-state index contributed by atoms with van der Waals surface area (Å²) in [5.41, 5.74) is 1.22. The molecule has 0 unspecified atom stereocenters. The van der Waals surface area contributed by atoms with Gasteiger partial charge in [0.05, 0.1) is 7.11 Å². The minimum Gasteiger partial charge on any atom is -0.493 e. The van der Waals surface area contributed by atoms with Gasteiger partial charge in [-0.15, -0.1) is 0 Å². The number of ether oxygens (including phenoxy) is 2. The molecule has 104 valence electrons. The topological polar surface area (TPSA) is 35.5 Å². The molecule has 0 aliphatic rings. The molecule has 2 aromatic rings. The second kappa shape index (κ2) is 6.64. The van der Waals surface area contributed by atoms with Crippen molar-refractivity contribution in [1.82, 2.24) is 0 Å². The first-order valence-corrected chi connectivity index (χ1v) is 6.60. The molecule has 0 spiro atoms. The van der Waals surface area contributed by atoms with Crippen LogP contribution in [0.15, 0.2) is 36.4 Å². The van der Waals surface area contributed by atoms with Crippen LogP contribution >= 0.6 is 23.2 Å². The van der Waals surface area contributed by atoms with E-state index >= 15 is 0 Å². The highest BCUT2D eigenvalue weighted by Crippen LogP contribution is 2.31. The van der Waals surface area contributed by atoms with Gasteiger partial charge in [-0.25, -0.2) is 0 Å². The molecule has 5 heteroatoms. The van der Waals surface area contributed by atoms with Gasteiger partial charge in [-0.1, -0.05) is 29.3 Å². The fourth-order valence-corrected chi connectivity index (χ4v) is 2.20. The molecular formula is C15H12Cl2O3. The van der Waals surface area contributed by atoms with E-state index in [0.29, 0.717) is 32.7 Å². The number of carbonyl (C=O) groups is 1. The van der Waals surface area contributed by atoms with E-state index in [1.165, 1.54) is 7.11 Å². The first-order valence-electron chi connectivity index (χ1n) is 5.84. The van der Waals surface area contributed by atoms with Crippen LogP contribution in [-0.2, 0) is 6.61 Å². The second-order valence-electron chi connectivity index (χ2n) is 4.02. The van der Waals surface area contributed by atoms with Crippen LogP contribution < -0.4 is 9.47 Å². The molecule has 0 amide bonds. The maximum Gasteiger partial charge on any atom is 0.161 e. The van der Waals surface area contributed by atoms with Crippen molar-refractivity contribution in [1.29, 1.82) is 0 Å². The molecule has 0 heterocycles. The standard InChI is InChI=1S/C15H12Cl2O3/c1-19-15-7-10(8-18)5-6-14(15)20-9-11-12(16)3-2-4-13(11)17/h2-8H,9H2,1H3. The van der Waals surface area contributed by atoms with Crippen LogP contribution in [0.2, 0.25) is 10.0 Å². The van der Waals surface area contributed by atoms with Gasteiger partial charge in [-0.3, -0.25) is 4.79 Å². The summed E-state index contributed by atoms with van der Waals surface area (Å²) >= 11 is 12.2. The maximum atomic E-state index is 10.7. The Balaban J connectivity index is 2.21. The fourth-order valence-electron chi connectivity index (χ4n) is 1.70. The van der Waals surface area contributed by atoms with Crippen molar-refractivity contribution in [2.75, 3.05) is 7.11 Å². The van der Waals surface area contributed by atoms with E-state index in [1.807, 2.05) is 0 Å². The maximum absolute atomic E-state index is 10.7. The fraction of sp³-hybridized carbons (Fsp3) is 0.133. The zero-order valence-corrected chi connectivity index (χ0v) is 12.2. The Bertz CT molecular complexity index is 606. The molecule has 0 fully saturated rings. The van der Waals surface area contributed by atoms with Crippen molar-refractivity contribution >= 4 is 29.5 Å². The van der Waals surface area contributed by atoms with Crippen LogP contribution in [0.4, 0.5) is 0 Å². The molecule has 0 saturated carbocycles. The van der Waals surface area contributed by atoms with Crippen LogP contribution in [0.25, 0.3) is 0 Å². The molecule has 0 saturated heterocycles. The molecule has 2 rings (SSSR count). The molecule has 0 radical (unpaired) electrons. The summed E-state index contributed by atoms with van der Waals surface area (Å²) in [6, 6.07) is 10.2. The van der Waals surface area contributed by atoms with Gasteiger partial charge in [0, 0.05) is 21.2 Å². The van der Waals surface area contributed by atoms with E-state index < -0.39 is 0 Å². The molecule has 0 aliphatic heterocycles. The Labute approximate surface area is 127 Å². The van der Waals surface area contributed by atoms with E-state index in [4.69, 9.17) is 32.7 Å². The average molecular weight is 311 g/mol. The Morgan fingerprint density at radius 3 is 2.40 bits per heavy atom. The van der Waals surface area contributed by atoms with Crippen molar-refractivity contribution in [3.05, 3.63) is 57.6 Å². The molecule has 0 atom stereocenters. The van der Waals surface area contributed by atoms with Crippen molar-refractivity contribution in [3.63, 3.8) is 0 Å². The van der Waals surface area contributed by atoms with E-state index in [9.17, 15) is 4.79 Å². The first kappa shape index (κ1) is 14.7. The van der Waals surface area contributed by atoms with Gasteiger partial charge in [0.1, 0.15) is 12.9 Å². The van der Waals surface area contributed by atoms with Crippen LogP contribution in [0.3, 0.4) is 0 Å². The summed E-state index contributed by atoms with van der Waals surface area (Å²) in [7, 11) is 1.51. The predicted octanol–water partition coefficient (Wildman–Crippen LogP) is 4.39. The van der Waals surface area contributed by atoms with Crippen molar-refractivity contribution in [2.24, 2.45) is 0 Å². The molecule has 0 N–H and O–H groups in total. The van der Waals surface area contributed by atoms with E-state index in [2.05, 4.69) is 0 Å². The lowest BCUT2D eigenvalue weighted by molar-refractivity contribution is 0.112. The van der Waals surface area contributed by atoms with Gasteiger partial charge in [0.25, 0.3) is 0 Å². The Kier molecular flexibility index (Phi) is 4.88. The molecular weight excluding hydrogens is 299 g/mol. The number of carbonyl (C=O) groups excluding carboxylic acids is 1. The van der Waals surface area contributed by atoms with Gasteiger partial charge in [0.15, 0.2) is 11.5 Å². The minimum absolute atomic E-state index is 0.218. The number of hydrogen-bond donors (Lipinski definition) is 0. The summed E-state index contributed by atoms with van der Waals surface area (Å²) in [5, 5.41) is 1.09. The zero-order valence-electron chi connectivity index (χ0n) is 10.7. The van der Waals surface area contributed by atoms with Crippen molar-refractivity contribution < 1.29 is 14.3 Å². The van der Waals surface area contributed by atoms with Crippen molar-refractivity contribution in [3.8, 4) is 11.5 Å². The number of rotatable bonds is 5. The van der Waals surface area contributed by atoms with E-state index in [1.54, 1.807) is 36.4 Å². The quantitative estimate of drug-likeness (QED) is 0.768. The molecule has 2 aromatic carbocycles. The third kappa shape index (κ3) is 3.24. The third-order valence-electron chi connectivity index (χ3n) is 2.76. The van der Waals surface area contributed by atoms with Crippen LogP contribution in [-0.4, -0.2) is 13.4 Å². The van der Waals surface area contributed by atoms with Gasteiger partial charge >= 0.3 is 0 Å². The number of benzene rings is 2. The van der Waals surface area contributed by atoms with Crippen LogP contribution in [0.1, 0.15) is 15.9 Å². The van der Waals surface area contributed by atoms with Gasteiger partial charge in [-0.2, -0.15) is 0 Å². The predicted molar refractivity (Wildman–Crippen MR) is 79.2 cm³/mol. The van der Waals surface area contributed by atoms with E-state index in [0.717, 1.165) is 6.29 Å². The Morgan fingerprint density at radius 1 is 1.10 bits per heavy atom. The summed E-state index contributed by atoms with van der Waals surface area (Å²) in [4.78, 5) is 10.7. The van der Waals surface area contributed by atoms with Crippen LogP contribution in [0.5, 0.6) is 11.5 Å². The van der Waals surface area contributed by atoms with Crippen molar-refractivity contribution in [2.45, 2.75) is 6.61 Å². The third-order valence-corrected chi connectivity index (χ3v) is 3.47. The number of methoxy groups -OCH3 is 1. The number of halogens is 2. The summed E-state index contributed by atoms with van der Waals surface area (Å²) in [6.07, 6.45) is 0.747. The molecule has 20 heavy (non-hydrogen) atoms. The summed E-state index contributed by atoms with van der Waals surface area (Å²) in [6.45, 7) is 0.218. The SMILES string of the molecule is COc1cc(C=O)ccc1OCc1c(Cl)cccc1Cl. The molecule has 3 nitrogen and oxygen atoms in total. The van der Waals surface area contributed by atoms with E-state index in [-0.39, 0.29) is 6.61 Å². The molecule has 0 bridgehead atoms. The highest BCUT2D eigenvalue weighted by atomic mass is 35.5. The number of hydrogen-bond acceptors (Lipinski definition) is 3. The normalized spacial score (nSPS) is 10.2. The van der Waals surface area contributed by atoms with Gasteiger partial charge < -0.3 is 9.47 Å². The highest BCUT2D eigenvalue weighted by molar-refractivity contribution is 6.35. The number of aldehydes is 1. The lowest BCUT2D eigenvalue weighted by Crippen LogP contribution is -1.99. The zero-order chi connectivity index (χ0) is 14.5. The lowest BCUT2D eigenvalue weighted by Gasteiger charge is -2.12. The largest absolute Gasteiger partial charge is 0.493 e. The minimum atomic E-state index is 0.218. The lowest BCUT2D eigenvalue weighted by atomic mass is 10.2. The summed E-state index contributed by atoms with van der Waals surface area (Å²) < 4.78 is 10.9. The average Bonchev–Trinajstić information content (AvgIpc) is 2.46. The smallest absolute Gasteiger partial charge is 0.161 e.